The van der Waals surface area contributed by atoms with Crippen molar-refractivity contribution in [1.82, 2.24) is 14.5 Å². The molecule has 1 aromatic carbocycles. The van der Waals surface area contributed by atoms with Gasteiger partial charge >= 0.3 is 6.18 Å². The molecule has 1 atom stereocenters. The fourth-order valence-corrected chi connectivity index (χ4v) is 2.94. The van der Waals surface area contributed by atoms with E-state index in [-0.39, 0.29) is 5.92 Å². The van der Waals surface area contributed by atoms with Crippen LogP contribution < -0.4 is 5.56 Å². The quantitative estimate of drug-likeness (QED) is 0.830. The summed E-state index contributed by atoms with van der Waals surface area (Å²) in [7, 11) is 0. The minimum absolute atomic E-state index is 0.0951. The molecule has 2 aromatic rings. The Morgan fingerprint density at radius 1 is 1.36 bits per heavy atom. The lowest BCUT2D eigenvalue weighted by Crippen LogP contribution is -2.47. The molecule has 0 aliphatic heterocycles. The molecular formula is C17H18F3N3O2. The number of benzene rings is 1. The fourth-order valence-electron chi connectivity index (χ4n) is 2.94. The molecule has 1 fully saturated rings. The van der Waals surface area contributed by atoms with Crippen LogP contribution in [0.1, 0.15) is 19.8 Å². The first-order chi connectivity index (χ1) is 11.8. The van der Waals surface area contributed by atoms with Gasteiger partial charge in [0.25, 0.3) is 5.56 Å². The number of aromatic nitrogens is 2. The molecule has 1 aliphatic carbocycles. The number of para-hydroxylation sites is 1. The van der Waals surface area contributed by atoms with Crippen molar-refractivity contribution in [3.05, 3.63) is 40.9 Å². The van der Waals surface area contributed by atoms with E-state index in [1.807, 2.05) is 0 Å². The highest BCUT2D eigenvalue weighted by Gasteiger charge is 2.40. The number of halogens is 3. The summed E-state index contributed by atoms with van der Waals surface area (Å²) in [5, 5.41) is 0.329. The highest BCUT2D eigenvalue weighted by molar-refractivity contribution is 5.79. The Kier molecular flexibility index (Phi) is 4.53. The van der Waals surface area contributed by atoms with Gasteiger partial charge in [-0.1, -0.05) is 12.1 Å². The van der Waals surface area contributed by atoms with E-state index in [0.29, 0.717) is 10.9 Å². The third-order valence-corrected chi connectivity index (χ3v) is 4.50. The topological polar surface area (TPSA) is 55.2 Å². The molecule has 1 heterocycles. The van der Waals surface area contributed by atoms with Gasteiger partial charge in [-0.2, -0.15) is 13.2 Å². The molecule has 0 bridgehead atoms. The number of carbonyl (C=O) groups excluding carboxylic acids is 1. The van der Waals surface area contributed by atoms with Crippen LogP contribution in [0.15, 0.2) is 35.4 Å². The lowest BCUT2D eigenvalue weighted by atomic mass is 10.1. The van der Waals surface area contributed by atoms with Crippen LogP contribution in [0.5, 0.6) is 0 Å². The second-order valence-corrected chi connectivity index (χ2v) is 6.41. The van der Waals surface area contributed by atoms with E-state index < -0.39 is 36.8 Å². The fraction of sp³-hybridized carbons (Fsp3) is 0.471. The number of carbonyl (C=O) groups is 1. The average Bonchev–Trinajstić information content (AvgIpc) is 3.39. The van der Waals surface area contributed by atoms with Crippen LogP contribution in [0.4, 0.5) is 13.2 Å². The van der Waals surface area contributed by atoms with Crippen molar-refractivity contribution < 1.29 is 18.0 Å². The van der Waals surface area contributed by atoms with Crippen molar-refractivity contribution in [3.63, 3.8) is 0 Å². The van der Waals surface area contributed by atoms with Gasteiger partial charge in [0.15, 0.2) is 0 Å². The number of hydrogen-bond acceptors (Lipinski definition) is 3. The standard InChI is InChI=1S/C17H18F3N3O2/c1-11(12-6-7-12)23(9-17(18,19)20)15(24)8-22-10-21-14-5-3-2-4-13(14)16(22)25/h2-5,10-12H,6-9H2,1H3/t11-/m1/s1. The predicted octanol–water partition coefficient (Wildman–Crippen LogP) is 2.59. The maximum absolute atomic E-state index is 12.9. The van der Waals surface area contributed by atoms with Crippen molar-refractivity contribution in [1.29, 1.82) is 0 Å². The third-order valence-electron chi connectivity index (χ3n) is 4.50. The van der Waals surface area contributed by atoms with E-state index >= 15 is 0 Å². The first-order valence-electron chi connectivity index (χ1n) is 8.06. The number of nitrogens with zero attached hydrogens (tertiary/aromatic N) is 3. The van der Waals surface area contributed by atoms with E-state index in [2.05, 4.69) is 4.98 Å². The summed E-state index contributed by atoms with van der Waals surface area (Å²) in [5.74, 6) is -0.631. The zero-order valence-electron chi connectivity index (χ0n) is 13.7. The van der Waals surface area contributed by atoms with E-state index in [4.69, 9.17) is 0 Å². The van der Waals surface area contributed by atoms with Crippen LogP contribution in [0, 0.1) is 5.92 Å². The van der Waals surface area contributed by atoms with E-state index in [1.165, 1.54) is 6.33 Å². The highest BCUT2D eigenvalue weighted by Crippen LogP contribution is 2.36. The average molecular weight is 353 g/mol. The van der Waals surface area contributed by atoms with Crippen molar-refractivity contribution in [2.75, 3.05) is 6.54 Å². The molecule has 8 heteroatoms. The molecule has 134 valence electrons. The molecule has 3 rings (SSSR count). The molecule has 1 saturated carbocycles. The van der Waals surface area contributed by atoms with Gasteiger partial charge in [0.2, 0.25) is 5.91 Å². The van der Waals surface area contributed by atoms with Crippen LogP contribution in [0.2, 0.25) is 0 Å². The van der Waals surface area contributed by atoms with Crippen LogP contribution in [-0.2, 0) is 11.3 Å². The van der Waals surface area contributed by atoms with E-state index in [1.54, 1.807) is 31.2 Å². The van der Waals surface area contributed by atoms with Crippen molar-refractivity contribution >= 4 is 16.8 Å². The normalized spacial score (nSPS) is 16.0. The van der Waals surface area contributed by atoms with Crippen LogP contribution in [0.3, 0.4) is 0 Å². The van der Waals surface area contributed by atoms with Gasteiger partial charge in [-0.25, -0.2) is 4.98 Å². The summed E-state index contributed by atoms with van der Waals surface area (Å²) in [5.41, 5.74) is 0.0414. The van der Waals surface area contributed by atoms with Gasteiger partial charge in [0.05, 0.1) is 17.2 Å². The zero-order valence-corrected chi connectivity index (χ0v) is 13.7. The van der Waals surface area contributed by atoms with Crippen LogP contribution in [0.25, 0.3) is 10.9 Å². The Balaban J connectivity index is 1.85. The van der Waals surface area contributed by atoms with Crippen molar-refractivity contribution in [3.8, 4) is 0 Å². The summed E-state index contributed by atoms with van der Waals surface area (Å²) in [6, 6.07) is 6.13. The Morgan fingerprint density at radius 2 is 2.04 bits per heavy atom. The maximum Gasteiger partial charge on any atom is 0.406 e. The van der Waals surface area contributed by atoms with Crippen LogP contribution >= 0.6 is 0 Å². The molecule has 25 heavy (non-hydrogen) atoms. The zero-order chi connectivity index (χ0) is 18.2. The van der Waals surface area contributed by atoms with Gasteiger partial charge < -0.3 is 4.90 Å². The molecule has 1 aliphatic rings. The number of hydrogen-bond donors (Lipinski definition) is 0. The van der Waals surface area contributed by atoms with Gasteiger partial charge in [-0.15, -0.1) is 0 Å². The number of fused-ring (bicyclic) bond motifs is 1. The van der Waals surface area contributed by atoms with Gasteiger partial charge in [-0.3, -0.25) is 14.2 Å². The Bertz CT molecular complexity index is 843. The van der Waals surface area contributed by atoms with Crippen LogP contribution in [-0.4, -0.2) is 39.1 Å². The molecule has 0 saturated heterocycles. The molecule has 5 nitrogen and oxygen atoms in total. The Hall–Kier alpha value is -2.38. The highest BCUT2D eigenvalue weighted by atomic mass is 19.4. The second-order valence-electron chi connectivity index (χ2n) is 6.41. The molecule has 1 aromatic heterocycles. The first kappa shape index (κ1) is 17.4. The summed E-state index contributed by atoms with van der Waals surface area (Å²) < 4.78 is 39.6. The Labute approximate surface area is 142 Å². The molecule has 0 radical (unpaired) electrons. The number of rotatable bonds is 5. The number of alkyl halides is 3. The molecule has 1 amide bonds. The summed E-state index contributed by atoms with van der Waals surface area (Å²) in [6.45, 7) is -0.133. The second kappa shape index (κ2) is 6.50. The third kappa shape index (κ3) is 4.00. The minimum atomic E-state index is -4.48. The lowest BCUT2D eigenvalue weighted by Gasteiger charge is -2.30. The van der Waals surface area contributed by atoms with Gasteiger partial charge in [0, 0.05) is 6.04 Å². The van der Waals surface area contributed by atoms with E-state index in [9.17, 15) is 22.8 Å². The molecule has 0 spiro atoms. The minimum Gasteiger partial charge on any atom is -0.329 e. The Morgan fingerprint density at radius 3 is 2.68 bits per heavy atom. The monoisotopic (exact) mass is 353 g/mol. The molecule has 0 unspecified atom stereocenters. The molecular weight excluding hydrogens is 335 g/mol. The predicted molar refractivity (Wildman–Crippen MR) is 86.0 cm³/mol. The summed E-state index contributed by atoms with van der Waals surface area (Å²) in [6.07, 6.45) is -1.64. The summed E-state index contributed by atoms with van der Waals surface area (Å²) in [4.78, 5) is 29.8. The van der Waals surface area contributed by atoms with Gasteiger partial charge in [0.1, 0.15) is 13.1 Å². The van der Waals surface area contributed by atoms with Gasteiger partial charge in [-0.05, 0) is 37.8 Å². The largest absolute Gasteiger partial charge is 0.406 e. The smallest absolute Gasteiger partial charge is 0.329 e. The van der Waals surface area contributed by atoms with Crippen molar-refractivity contribution in [2.45, 2.75) is 38.5 Å². The first-order valence-corrected chi connectivity index (χ1v) is 8.06. The van der Waals surface area contributed by atoms with E-state index in [0.717, 1.165) is 22.3 Å². The van der Waals surface area contributed by atoms with Crippen molar-refractivity contribution in [2.24, 2.45) is 5.92 Å². The SMILES string of the molecule is C[C@H](C1CC1)N(CC(F)(F)F)C(=O)Cn1cnc2ccccc2c1=O. The molecule has 0 N–H and O–H groups in total. The summed E-state index contributed by atoms with van der Waals surface area (Å²) >= 11 is 0. The maximum atomic E-state index is 12.9. The number of amides is 1. The lowest BCUT2D eigenvalue weighted by molar-refractivity contribution is -0.166.